The summed E-state index contributed by atoms with van der Waals surface area (Å²) < 4.78 is 28.3. The lowest BCUT2D eigenvalue weighted by Gasteiger charge is -2.08. The minimum Gasteiger partial charge on any atom is -0.494 e. The second-order valence-electron chi connectivity index (χ2n) is 6.16. The van der Waals surface area contributed by atoms with E-state index < -0.39 is 15.9 Å². The molecule has 0 aliphatic heterocycles. The highest BCUT2D eigenvalue weighted by atomic mass is 32.2. The molecule has 150 valence electrons. The van der Waals surface area contributed by atoms with Gasteiger partial charge in [0.25, 0.3) is 0 Å². The number of sulfone groups is 1. The van der Waals surface area contributed by atoms with Gasteiger partial charge in [-0.2, -0.15) is 0 Å². The zero-order valence-electron chi connectivity index (χ0n) is 15.5. The third-order valence-electron chi connectivity index (χ3n) is 3.78. The first kappa shape index (κ1) is 21.2. The summed E-state index contributed by atoms with van der Waals surface area (Å²) >= 11 is 0. The number of hydrogen-bond acceptors (Lipinski definition) is 5. The number of primary amides is 1. The van der Waals surface area contributed by atoms with Crippen LogP contribution in [0.15, 0.2) is 53.4 Å². The van der Waals surface area contributed by atoms with Crippen molar-refractivity contribution in [2.75, 3.05) is 18.2 Å². The second kappa shape index (κ2) is 9.75. The molecule has 28 heavy (non-hydrogen) atoms. The lowest BCUT2D eigenvalue weighted by Crippen LogP contribution is -2.23. The van der Waals surface area contributed by atoms with Crippen LogP contribution < -0.4 is 21.1 Å². The van der Waals surface area contributed by atoms with Gasteiger partial charge >= 0.3 is 6.03 Å². The average Bonchev–Trinajstić information content (AvgIpc) is 2.64. The van der Waals surface area contributed by atoms with E-state index in [1.165, 1.54) is 12.1 Å². The maximum atomic E-state index is 11.9. The number of rotatable bonds is 9. The summed E-state index contributed by atoms with van der Waals surface area (Å²) in [6.07, 6.45) is 1.98. The molecule has 2 aromatic rings. The Morgan fingerprint density at radius 3 is 2.25 bits per heavy atom. The summed E-state index contributed by atoms with van der Waals surface area (Å²) in [7, 11) is -3.23. The van der Waals surface area contributed by atoms with Crippen molar-refractivity contribution in [3.8, 4) is 5.75 Å². The van der Waals surface area contributed by atoms with Gasteiger partial charge in [0.1, 0.15) is 5.75 Å². The summed E-state index contributed by atoms with van der Waals surface area (Å²) in [4.78, 5) is 22.9. The van der Waals surface area contributed by atoms with Crippen molar-refractivity contribution in [2.24, 2.45) is 5.73 Å². The lowest BCUT2D eigenvalue weighted by atomic mass is 10.2. The standard InChI is InChI=1S/C19H23N3O5S/c1-28(25,26)17-10-8-16(9-11-17)27-12-2-3-18(23)21-13-14-4-6-15(7-5-14)22-19(20)24/h4-11H,2-3,12-13H2,1H3,(H,21,23)(H3,20,22,24). The number of nitrogens with two attached hydrogens (primary N) is 1. The third kappa shape index (κ3) is 7.28. The van der Waals surface area contributed by atoms with Crippen molar-refractivity contribution in [1.29, 1.82) is 0 Å². The van der Waals surface area contributed by atoms with Crippen LogP contribution in [0.25, 0.3) is 0 Å². The fourth-order valence-electron chi connectivity index (χ4n) is 2.34. The maximum Gasteiger partial charge on any atom is 0.316 e. The van der Waals surface area contributed by atoms with Crippen molar-refractivity contribution < 1.29 is 22.7 Å². The number of amides is 3. The summed E-state index contributed by atoms with van der Waals surface area (Å²) in [6, 6.07) is 12.5. The highest BCUT2D eigenvalue weighted by Gasteiger charge is 2.07. The summed E-state index contributed by atoms with van der Waals surface area (Å²) in [6.45, 7) is 0.725. The van der Waals surface area contributed by atoms with E-state index in [-0.39, 0.29) is 10.8 Å². The SMILES string of the molecule is CS(=O)(=O)c1ccc(OCCCC(=O)NCc2ccc(NC(N)=O)cc2)cc1. The monoisotopic (exact) mass is 405 g/mol. The molecule has 2 aromatic carbocycles. The number of carbonyl (C=O) groups excluding carboxylic acids is 2. The van der Waals surface area contributed by atoms with Gasteiger partial charge in [-0.15, -0.1) is 0 Å². The Morgan fingerprint density at radius 1 is 1.04 bits per heavy atom. The van der Waals surface area contributed by atoms with Gasteiger partial charge in [-0.25, -0.2) is 13.2 Å². The minimum atomic E-state index is -3.23. The molecule has 3 amide bonds. The van der Waals surface area contributed by atoms with Crippen LogP contribution in [0.3, 0.4) is 0 Å². The lowest BCUT2D eigenvalue weighted by molar-refractivity contribution is -0.121. The third-order valence-corrected chi connectivity index (χ3v) is 4.91. The molecule has 9 heteroatoms. The summed E-state index contributed by atoms with van der Waals surface area (Å²) in [5.41, 5.74) is 6.52. The van der Waals surface area contributed by atoms with Crippen molar-refractivity contribution in [2.45, 2.75) is 24.3 Å². The molecule has 2 rings (SSSR count). The Balaban J connectivity index is 1.66. The van der Waals surface area contributed by atoms with Crippen LogP contribution in [0.4, 0.5) is 10.5 Å². The Hall–Kier alpha value is -3.07. The number of hydrogen-bond donors (Lipinski definition) is 3. The van der Waals surface area contributed by atoms with E-state index in [4.69, 9.17) is 10.5 Å². The van der Waals surface area contributed by atoms with Crippen molar-refractivity contribution >= 4 is 27.5 Å². The van der Waals surface area contributed by atoms with Crippen LogP contribution in [0, 0.1) is 0 Å². The molecule has 0 saturated carbocycles. The van der Waals surface area contributed by atoms with Crippen LogP contribution in [0.5, 0.6) is 5.75 Å². The minimum absolute atomic E-state index is 0.102. The predicted octanol–water partition coefficient (Wildman–Crippen LogP) is 2.06. The smallest absolute Gasteiger partial charge is 0.316 e. The molecule has 0 heterocycles. The van der Waals surface area contributed by atoms with E-state index in [2.05, 4.69) is 10.6 Å². The van der Waals surface area contributed by atoms with Gasteiger partial charge in [0.05, 0.1) is 11.5 Å². The number of ether oxygens (including phenoxy) is 1. The zero-order valence-corrected chi connectivity index (χ0v) is 16.3. The normalized spacial score (nSPS) is 10.9. The number of nitrogens with one attached hydrogen (secondary N) is 2. The van der Waals surface area contributed by atoms with Crippen LogP contribution in [0.2, 0.25) is 0 Å². The van der Waals surface area contributed by atoms with Gasteiger partial charge in [-0.1, -0.05) is 12.1 Å². The molecule has 0 atom stereocenters. The van der Waals surface area contributed by atoms with E-state index in [1.807, 2.05) is 0 Å². The molecule has 8 nitrogen and oxygen atoms in total. The zero-order chi connectivity index (χ0) is 20.6. The van der Waals surface area contributed by atoms with Crippen molar-refractivity contribution in [3.05, 3.63) is 54.1 Å². The Morgan fingerprint density at radius 2 is 1.68 bits per heavy atom. The van der Waals surface area contributed by atoms with Gasteiger partial charge < -0.3 is 21.1 Å². The fourth-order valence-corrected chi connectivity index (χ4v) is 2.97. The first-order valence-electron chi connectivity index (χ1n) is 8.59. The van der Waals surface area contributed by atoms with E-state index >= 15 is 0 Å². The molecule has 0 spiro atoms. The molecule has 0 aromatic heterocycles. The summed E-state index contributed by atoms with van der Waals surface area (Å²) in [5, 5.41) is 5.27. The van der Waals surface area contributed by atoms with Gasteiger partial charge in [-0.05, 0) is 48.4 Å². The molecule has 0 aliphatic rings. The number of carbonyl (C=O) groups is 2. The van der Waals surface area contributed by atoms with Crippen LogP contribution >= 0.6 is 0 Å². The van der Waals surface area contributed by atoms with E-state index in [9.17, 15) is 18.0 Å². The van der Waals surface area contributed by atoms with Gasteiger partial charge in [0.15, 0.2) is 9.84 Å². The topological polar surface area (TPSA) is 128 Å². The van der Waals surface area contributed by atoms with Gasteiger partial charge in [0.2, 0.25) is 5.91 Å². The molecular weight excluding hydrogens is 382 g/mol. The number of anilines is 1. The van der Waals surface area contributed by atoms with Crippen LogP contribution in [-0.4, -0.2) is 33.2 Å². The Kier molecular flexibility index (Phi) is 7.39. The van der Waals surface area contributed by atoms with E-state index in [0.717, 1.165) is 11.8 Å². The highest BCUT2D eigenvalue weighted by molar-refractivity contribution is 7.90. The van der Waals surface area contributed by atoms with Crippen molar-refractivity contribution in [1.82, 2.24) is 5.32 Å². The largest absolute Gasteiger partial charge is 0.494 e. The molecule has 0 saturated heterocycles. The predicted molar refractivity (Wildman–Crippen MR) is 106 cm³/mol. The molecule has 0 unspecified atom stereocenters. The van der Waals surface area contributed by atoms with E-state index in [0.29, 0.717) is 37.4 Å². The highest BCUT2D eigenvalue weighted by Crippen LogP contribution is 2.16. The fraction of sp³-hybridized carbons (Fsp3) is 0.263. The summed E-state index contributed by atoms with van der Waals surface area (Å²) in [5.74, 6) is 0.452. The van der Waals surface area contributed by atoms with Gasteiger partial charge in [-0.3, -0.25) is 4.79 Å². The Labute approximate surface area is 164 Å². The molecule has 0 aliphatic carbocycles. The first-order valence-corrected chi connectivity index (χ1v) is 10.5. The van der Waals surface area contributed by atoms with Crippen LogP contribution in [0.1, 0.15) is 18.4 Å². The molecule has 0 bridgehead atoms. The molecule has 4 N–H and O–H groups in total. The van der Waals surface area contributed by atoms with Crippen molar-refractivity contribution in [3.63, 3.8) is 0 Å². The maximum absolute atomic E-state index is 11.9. The molecular formula is C19H23N3O5S. The quantitative estimate of drug-likeness (QED) is 0.550. The number of benzene rings is 2. The molecule has 0 fully saturated rings. The molecule has 0 radical (unpaired) electrons. The van der Waals surface area contributed by atoms with Gasteiger partial charge in [0, 0.05) is 24.9 Å². The average molecular weight is 405 g/mol. The first-order chi connectivity index (χ1) is 13.2. The Bertz CT molecular complexity index is 910. The second-order valence-corrected chi connectivity index (χ2v) is 8.17. The van der Waals surface area contributed by atoms with Crippen LogP contribution in [-0.2, 0) is 21.2 Å². The van der Waals surface area contributed by atoms with E-state index in [1.54, 1.807) is 36.4 Å². The number of urea groups is 1.